The first-order chi connectivity index (χ1) is 15.5. The number of amides is 1. The molecule has 0 aliphatic rings. The molecule has 4 aromatic rings. The van der Waals surface area contributed by atoms with Crippen LogP contribution in [0.2, 0.25) is 5.02 Å². The Kier molecular flexibility index (Phi) is 7.13. The fourth-order valence-electron chi connectivity index (χ4n) is 3.31. The topological polar surface area (TPSA) is 63.9 Å². The van der Waals surface area contributed by atoms with Crippen molar-refractivity contribution in [1.29, 1.82) is 0 Å². The van der Waals surface area contributed by atoms with E-state index < -0.39 is 0 Å². The van der Waals surface area contributed by atoms with Crippen molar-refractivity contribution >= 4 is 50.8 Å². The number of hydrogen-bond acceptors (Lipinski definition) is 6. The van der Waals surface area contributed by atoms with E-state index in [1.807, 2.05) is 56.4 Å². The Morgan fingerprint density at radius 1 is 1.19 bits per heavy atom. The quantitative estimate of drug-likeness (QED) is 0.289. The van der Waals surface area contributed by atoms with E-state index in [0.717, 1.165) is 44.7 Å². The molecule has 6 nitrogen and oxygen atoms in total. The fraction of sp³-hybridized carbons (Fsp3) is 0.304. The van der Waals surface area contributed by atoms with Crippen LogP contribution in [0.5, 0.6) is 0 Å². The van der Waals surface area contributed by atoms with Crippen molar-refractivity contribution < 1.29 is 4.79 Å². The third-order valence-corrected chi connectivity index (χ3v) is 7.64. The maximum Gasteiger partial charge on any atom is 0.233 e. The second kappa shape index (κ2) is 10.0. The predicted octanol–water partition coefficient (Wildman–Crippen LogP) is 5.93. The van der Waals surface area contributed by atoms with E-state index in [9.17, 15) is 4.79 Å². The number of thiazole rings is 1. The highest BCUT2D eigenvalue weighted by Gasteiger charge is 2.22. The summed E-state index contributed by atoms with van der Waals surface area (Å²) in [5.41, 5.74) is 1.92. The van der Waals surface area contributed by atoms with Gasteiger partial charge in [0, 0.05) is 24.2 Å². The smallest absolute Gasteiger partial charge is 0.233 e. The van der Waals surface area contributed by atoms with Crippen LogP contribution in [-0.2, 0) is 11.3 Å². The molecule has 0 fully saturated rings. The number of nitrogens with zero attached hydrogens (tertiary/aromatic N) is 5. The molecule has 2 heterocycles. The van der Waals surface area contributed by atoms with Crippen LogP contribution in [0, 0.1) is 0 Å². The average Bonchev–Trinajstić information content (AvgIpc) is 3.41. The van der Waals surface area contributed by atoms with Crippen molar-refractivity contribution in [2.75, 3.05) is 12.8 Å². The lowest BCUT2D eigenvalue weighted by Crippen LogP contribution is -2.31. The first-order valence-corrected chi connectivity index (χ1v) is 12.6. The van der Waals surface area contributed by atoms with Crippen LogP contribution < -0.4 is 0 Å². The molecule has 2 aromatic heterocycles. The number of rotatable bonds is 8. The maximum absolute atomic E-state index is 12.9. The molecule has 0 aliphatic heterocycles. The van der Waals surface area contributed by atoms with Gasteiger partial charge in [0.05, 0.1) is 22.0 Å². The molecule has 32 heavy (non-hydrogen) atoms. The zero-order valence-electron chi connectivity index (χ0n) is 18.2. The van der Waals surface area contributed by atoms with E-state index in [1.165, 1.54) is 11.8 Å². The molecule has 9 heteroatoms. The zero-order valence-corrected chi connectivity index (χ0v) is 20.5. The normalized spacial score (nSPS) is 12.2. The lowest BCUT2D eigenvalue weighted by molar-refractivity contribution is -0.128. The largest absolute Gasteiger partial charge is 0.336 e. The Bertz CT molecular complexity index is 1190. The summed E-state index contributed by atoms with van der Waals surface area (Å²) in [6.07, 6.45) is 0.939. The third kappa shape index (κ3) is 4.82. The molecule has 0 spiro atoms. The molecule has 0 N–H and O–H groups in total. The first kappa shape index (κ1) is 22.8. The van der Waals surface area contributed by atoms with Gasteiger partial charge in [0.25, 0.3) is 0 Å². The van der Waals surface area contributed by atoms with Gasteiger partial charge in [-0.1, -0.05) is 42.4 Å². The number of hydrogen-bond donors (Lipinski definition) is 0. The average molecular weight is 486 g/mol. The van der Waals surface area contributed by atoms with E-state index in [1.54, 1.807) is 16.2 Å². The minimum Gasteiger partial charge on any atom is -0.336 e. The molecule has 1 amide bonds. The van der Waals surface area contributed by atoms with Gasteiger partial charge >= 0.3 is 0 Å². The van der Waals surface area contributed by atoms with Gasteiger partial charge in [-0.2, -0.15) is 0 Å². The maximum atomic E-state index is 12.9. The van der Waals surface area contributed by atoms with Crippen LogP contribution >= 0.6 is 34.7 Å². The highest BCUT2D eigenvalue weighted by molar-refractivity contribution is 7.99. The molecular formula is C23H24ClN5OS2. The van der Waals surface area contributed by atoms with Gasteiger partial charge < -0.3 is 9.47 Å². The zero-order chi connectivity index (χ0) is 22.7. The lowest BCUT2D eigenvalue weighted by atomic mass is 10.2. The van der Waals surface area contributed by atoms with Crippen molar-refractivity contribution in [2.45, 2.75) is 38.0 Å². The Labute approximate surface area is 200 Å². The van der Waals surface area contributed by atoms with Gasteiger partial charge in [0.15, 0.2) is 11.0 Å². The van der Waals surface area contributed by atoms with Gasteiger partial charge in [0.2, 0.25) is 5.91 Å². The van der Waals surface area contributed by atoms with Gasteiger partial charge in [0.1, 0.15) is 5.01 Å². The Morgan fingerprint density at radius 3 is 2.66 bits per heavy atom. The van der Waals surface area contributed by atoms with Crippen molar-refractivity contribution in [3.63, 3.8) is 0 Å². The molecule has 0 radical (unpaired) electrons. The van der Waals surface area contributed by atoms with Gasteiger partial charge in [-0.05, 0) is 49.7 Å². The van der Waals surface area contributed by atoms with Crippen LogP contribution in [0.1, 0.15) is 31.3 Å². The molecule has 0 unspecified atom stereocenters. The number of halogens is 1. The molecule has 2 aromatic carbocycles. The summed E-state index contributed by atoms with van der Waals surface area (Å²) in [5.74, 6) is 1.10. The number of para-hydroxylation sites is 1. The summed E-state index contributed by atoms with van der Waals surface area (Å²) in [6.45, 7) is 4.90. The number of thioether (sulfide) groups is 1. The van der Waals surface area contributed by atoms with E-state index in [4.69, 9.17) is 16.6 Å². The van der Waals surface area contributed by atoms with Crippen molar-refractivity contribution in [3.05, 3.63) is 58.6 Å². The molecule has 0 saturated heterocycles. The highest BCUT2D eigenvalue weighted by atomic mass is 35.5. The molecular weight excluding hydrogens is 462 g/mol. The standard InChI is InChI=1S/C23H24ClN5OS2/c1-4-13-29-21(16-9-11-17(24)12-10-16)26-27-23(29)31-14-20(30)28(3)15(2)22-25-18-7-5-6-8-19(18)32-22/h5-12,15H,4,13-14H2,1-3H3/t15-/m1/s1. The third-order valence-electron chi connectivity index (χ3n) is 5.23. The van der Waals surface area contributed by atoms with E-state index in [-0.39, 0.29) is 17.7 Å². The number of fused-ring (bicyclic) bond motifs is 1. The van der Waals surface area contributed by atoms with Gasteiger partial charge in [-0.3, -0.25) is 4.79 Å². The molecule has 0 bridgehead atoms. The lowest BCUT2D eigenvalue weighted by Gasteiger charge is -2.23. The van der Waals surface area contributed by atoms with Crippen molar-refractivity contribution in [3.8, 4) is 11.4 Å². The molecule has 0 aliphatic carbocycles. The van der Waals surface area contributed by atoms with Gasteiger partial charge in [-0.25, -0.2) is 4.98 Å². The second-order valence-electron chi connectivity index (χ2n) is 7.45. The van der Waals surface area contributed by atoms with Crippen LogP contribution in [0.15, 0.2) is 53.7 Å². The number of carbonyl (C=O) groups is 1. The predicted molar refractivity (Wildman–Crippen MR) is 132 cm³/mol. The van der Waals surface area contributed by atoms with Crippen LogP contribution in [-0.4, -0.2) is 43.4 Å². The summed E-state index contributed by atoms with van der Waals surface area (Å²) in [6, 6.07) is 15.5. The summed E-state index contributed by atoms with van der Waals surface area (Å²) in [4.78, 5) is 19.4. The first-order valence-electron chi connectivity index (χ1n) is 10.4. The Hall–Kier alpha value is -2.42. The molecule has 0 saturated carbocycles. The van der Waals surface area contributed by atoms with Crippen molar-refractivity contribution in [2.24, 2.45) is 0 Å². The van der Waals surface area contributed by atoms with E-state index in [2.05, 4.69) is 27.8 Å². The molecule has 4 rings (SSSR count). The summed E-state index contributed by atoms with van der Waals surface area (Å²) < 4.78 is 3.20. The monoisotopic (exact) mass is 485 g/mol. The van der Waals surface area contributed by atoms with Crippen LogP contribution in [0.4, 0.5) is 0 Å². The fourth-order valence-corrected chi connectivity index (χ4v) is 5.39. The molecule has 166 valence electrons. The Morgan fingerprint density at radius 2 is 1.94 bits per heavy atom. The van der Waals surface area contributed by atoms with E-state index >= 15 is 0 Å². The Balaban J connectivity index is 1.46. The summed E-state index contributed by atoms with van der Waals surface area (Å²) >= 11 is 9.06. The van der Waals surface area contributed by atoms with Crippen LogP contribution in [0.3, 0.4) is 0 Å². The minimum atomic E-state index is -0.0985. The van der Waals surface area contributed by atoms with E-state index in [0.29, 0.717) is 5.02 Å². The number of carbonyl (C=O) groups excluding carboxylic acids is 1. The highest BCUT2D eigenvalue weighted by Crippen LogP contribution is 2.30. The van der Waals surface area contributed by atoms with Crippen molar-refractivity contribution in [1.82, 2.24) is 24.6 Å². The van der Waals surface area contributed by atoms with Crippen LogP contribution in [0.25, 0.3) is 21.6 Å². The number of benzene rings is 2. The second-order valence-corrected chi connectivity index (χ2v) is 9.89. The minimum absolute atomic E-state index is 0.0286. The summed E-state index contributed by atoms with van der Waals surface area (Å²) in [5, 5.41) is 11.1. The summed E-state index contributed by atoms with van der Waals surface area (Å²) in [7, 11) is 1.83. The SMILES string of the molecule is CCCn1c(SCC(=O)N(C)[C@H](C)c2nc3ccccc3s2)nnc1-c1ccc(Cl)cc1. The molecule has 1 atom stereocenters. The number of aromatic nitrogens is 4. The van der Waals surface area contributed by atoms with Gasteiger partial charge in [-0.15, -0.1) is 21.5 Å².